The molecule has 1 saturated heterocycles. The fraction of sp³-hybridized carbons (Fsp3) is 0.324. The van der Waals surface area contributed by atoms with Crippen LogP contribution in [0, 0.1) is 17.0 Å². The minimum atomic E-state index is -0.838. The molecule has 4 aliphatic rings. The van der Waals surface area contributed by atoms with Gasteiger partial charge in [0.1, 0.15) is 11.5 Å². The molecule has 4 heterocycles. The molecule has 0 bridgehead atoms. The maximum Gasteiger partial charge on any atom is 0.159 e. The standard InChI is InChI=1S/C34H31BrF2N6/c35-22-8-6-21-17-34(32(38)25(21)16-22)10-13-42(14-11-34)30-19-39-31-28(41-30)18-40-33(31)43-12-2-4-24-23(3-1-5-29(24)43)20-7-9-26(36)27(37)15-20/h1,3,5-9,15-16,19,32H,2,4,10-14,17-18,38H2/t32-/m1/s1. The van der Waals surface area contributed by atoms with Crippen molar-refractivity contribution in [3.05, 3.63) is 105 Å². The molecule has 4 aromatic rings. The Kier molecular flexibility index (Phi) is 6.38. The van der Waals surface area contributed by atoms with E-state index in [4.69, 9.17) is 20.7 Å². The summed E-state index contributed by atoms with van der Waals surface area (Å²) in [5.74, 6) is 0.0545. The molecule has 218 valence electrons. The number of rotatable bonds is 2. The van der Waals surface area contributed by atoms with Crippen LogP contribution in [0.2, 0.25) is 0 Å². The van der Waals surface area contributed by atoms with Gasteiger partial charge in [-0.25, -0.2) is 18.7 Å². The van der Waals surface area contributed by atoms with E-state index in [0.29, 0.717) is 12.1 Å². The Morgan fingerprint density at radius 1 is 0.977 bits per heavy atom. The number of anilines is 2. The van der Waals surface area contributed by atoms with Gasteiger partial charge in [0.05, 0.1) is 18.4 Å². The van der Waals surface area contributed by atoms with Gasteiger partial charge in [0.25, 0.3) is 0 Å². The Hall–Kier alpha value is -3.69. The van der Waals surface area contributed by atoms with Gasteiger partial charge < -0.3 is 15.5 Å². The highest BCUT2D eigenvalue weighted by molar-refractivity contribution is 9.10. The van der Waals surface area contributed by atoms with Crippen LogP contribution in [-0.4, -0.2) is 35.4 Å². The van der Waals surface area contributed by atoms with Gasteiger partial charge in [0.15, 0.2) is 17.5 Å². The van der Waals surface area contributed by atoms with Crippen LogP contribution in [-0.2, 0) is 19.4 Å². The third-order valence-corrected chi connectivity index (χ3v) is 10.4. The van der Waals surface area contributed by atoms with E-state index >= 15 is 0 Å². The van der Waals surface area contributed by atoms with Crippen molar-refractivity contribution in [1.29, 1.82) is 0 Å². The molecule has 3 aromatic carbocycles. The average Bonchev–Trinajstić information content (AvgIpc) is 3.56. The van der Waals surface area contributed by atoms with Crippen LogP contribution in [0.15, 0.2) is 70.3 Å². The number of halogens is 3. The lowest BCUT2D eigenvalue weighted by atomic mass is 9.73. The highest BCUT2D eigenvalue weighted by Gasteiger charge is 2.46. The maximum atomic E-state index is 14.1. The van der Waals surface area contributed by atoms with Crippen molar-refractivity contribution in [2.45, 2.75) is 44.7 Å². The Bertz CT molecular complexity index is 1800. The molecule has 0 amide bonds. The van der Waals surface area contributed by atoms with Gasteiger partial charge in [-0.2, -0.15) is 0 Å². The largest absolute Gasteiger partial charge is 0.355 e. The van der Waals surface area contributed by atoms with Crippen molar-refractivity contribution in [3.8, 4) is 11.1 Å². The minimum absolute atomic E-state index is 0.0548. The van der Waals surface area contributed by atoms with E-state index < -0.39 is 11.6 Å². The fourth-order valence-corrected chi connectivity index (χ4v) is 7.97. The quantitative estimate of drug-likeness (QED) is 0.263. The molecule has 0 radical (unpaired) electrons. The third kappa shape index (κ3) is 4.39. The van der Waals surface area contributed by atoms with E-state index in [9.17, 15) is 8.78 Å². The van der Waals surface area contributed by atoms with Gasteiger partial charge in [-0.1, -0.05) is 40.2 Å². The van der Waals surface area contributed by atoms with Crippen molar-refractivity contribution >= 4 is 33.3 Å². The zero-order chi connectivity index (χ0) is 29.3. The molecule has 9 heteroatoms. The zero-order valence-electron chi connectivity index (χ0n) is 23.7. The highest BCUT2D eigenvalue weighted by Crippen LogP contribution is 2.51. The Labute approximate surface area is 257 Å². The lowest BCUT2D eigenvalue weighted by Crippen LogP contribution is -2.44. The van der Waals surface area contributed by atoms with Gasteiger partial charge in [-0.3, -0.25) is 4.99 Å². The second kappa shape index (κ2) is 10.2. The van der Waals surface area contributed by atoms with Gasteiger partial charge in [-0.15, -0.1) is 0 Å². The van der Waals surface area contributed by atoms with E-state index in [1.807, 2.05) is 18.3 Å². The summed E-state index contributed by atoms with van der Waals surface area (Å²) in [6, 6.07) is 16.7. The van der Waals surface area contributed by atoms with Crippen LogP contribution in [0.1, 0.15) is 53.4 Å². The average molecular weight is 642 g/mol. The highest BCUT2D eigenvalue weighted by atomic mass is 79.9. The van der Waals surface area contributed by atoms with Crippen molar-refractivity contribution in [2.24, 2.45) is 16.1 Å². The number of aliphatic imine (C=N–C) groups is 1. The van der Waals surface area contributed by atoms with Crippen molar-refractivity contribution in [3.63, 3.8) is 0 Å². The van der Waals surface area contributed by atoms with Crippen LogP contribution in [0.4, 0.5) is 20.3 Å². The Balaban J connectivity index is 1.02. The first-order valence-electron chi connectivity index (χ1n) is 14.9. The molecule has 43 heavy (non-hydrogen) atoms. The summed E-state index contributed by atoms with van der Waals surface area (Å²) in [7, 11) is 0. The molecule has 1 aromatic heterocycles. The fourth-order valence-electron chi connectivity index (χ4n) is 7.59. The van der Waals surface area contributed by atoms with E-state index in [0.717, 1.165) is 96.1 Å². The summed E-state index contributed by atoms with van der Waals surface area (Å²) in [4.78, 5) is 19.4. The lowest BCUT2D eigenvalue weighted by Gasteiger charge is -2.42. The maximum absolute atomic E-state index is 14.1. The van der Waals surface area contributed by atoms with Crippen LogP contribution >= 0.6 is 15.9 Å². The zero-order valence-corrected chi connectivity index (χ0v) is 25.2. The minimum Gasteiger partial charge on any atom is -0.355 e. The second-order valence-corrected chi connectivity index (χ2v) is 13.1. The molecule has 1 atom stereocenters. The molecule has 0 saturated carbocycles. The predicted molar refractivity (Wildman–Crippen MR) is 168 cm³/mol. The molecule has 3 aliphatic heterocycles. The second-order valence-electron chi connectivity index (χ2n) is 12.2. The van der Waals surface area contributed by atoms with Gasteiger partial charge in [-0.05, 0) is 95.7 Å². The van der Waals surface area contributed by atoms with Gasteiger partial charge >= 0.3 is 0 Å². The summed E-state index contributed by atoms with van der Waals surface area (Å²) in [6.07, 6.45) is 6.74. The number of fused-ring (bicyclic) bond motifs is 3. The normalized spacial score (nSPS) is 20.2. The van der Waals surface area contributed by atoms with Crippen molar-refractivity contribution in [1.82, 2.24) is 9.97 Å². The molecule has 8 rings (SSSR count). The summed E-state index contributed by atoms with van der Waals surface area (Å²) >= 11 is 3.61. The van der Waals surface area contributed by atoms with Crippen molar-refractivity contribution < 1.29 is 8.78 Å². The van der Waals surface area contributed by atoms with E-state index in [1.165, 1.54) is 23.3 Å². The van der Waals surface area contributed by atoms with E-state index in [-0.39, 0.29) is 11.5 Å². The molecular formula is C34H31BrF2N6. The Morgan fingerprint density at radius 3 is 2.67 bits per heavy atom. The third-order valence-electron chi connectivity index (χ3n) is 9.89. The number of aromatic nitrogens is 2. The lowest BCUT2D eigenvalue weighted by molar-refractivity contribution is 0.187. The van der Waals surface area contributed by atoms with Gasteiger partial charge in [0.2, 0.25) is 0 Å². The first kappa shape index (κ1) is 26.9. The number of amidine groups is 1. The number of piperidine rings is 1. The number of hydrogen-bond donors (Lipinski definition) is 1. The molecule has 0 unspecified atom stereocenters. The first-order chi connectivity index (χ1) is 20.9. The molecule has 2 N–H and O–H groups in total. The number of nitrogens with zero attached hydrogens (tertiary/aromatic N) is 5. The molecule has 1 fully saturated rings. The number of benzene rings is 3. The van der Waals surface area contributed by atoms with E-state index in [1.54, 1.807) is 6.07 Å². The summed E-state index contributed by atoms with van der Waals surface area (Å²) < 4.78 is 28.8. The molecular weight excluding hydrogens is 610 g/mol. The number of nitrogens with two attached hydrogens (primary N) is 1. The first-order valence-corrected chi connectivity index (χ1v) is 15.7. The van der Waals surface area contributed by atoms with Crippen LogP contribution in [0.3, 0.4) is 0 Å². The van der Waals surface area contributed by atoms with Crippen LogP contribution in [0.5, 0.6) is 0 Å². The monoisotopic (exact) mass is 640 g/mol. The summed E-state index contributed by atoms with van der Waals surface area (Å²) in [5.41, 5.74) is 15.1. The number of hydrogen-bond acceptors (Lipinski definition) is 6. The Morgan fingerprint density at radius 2 is 1.84 bits per heavy atom. The smallest absolute Gasteiger partial charge is 0.159 e. The van der Waals surface area contributed by atoms with Crippen LogP contribution in [0.25, 0.3) is 11.1 Å². The van der Waals surface area contributed by atoms with Gasteiger partial charge in [0, 0.05) is 35.8 Å². The van der Waals surface area contributed by atoms with E-state index in [2.05, 4.69) is 50.0 Å². The summed E-state index contributed by atoms with van der Waals surface area (Å²) in [5, 5.41) is 0. The SMILES string of the molecule is N[C@@H]1c2cc(Br)ccc2CC12CCN(c1cnc3c(n1)CN=C3N1CCCc3c(-c4ccc(F)c(F)c4)cccc31)CC2. The molecule has 6 nitrogen and oxygen atoms in total. The van der Waals surface area contributed by atoms with Crippen molar-refractivity contribution in [2.75, 3.05) is 29.4 Å². The van der Waals surface area contributed by atoms with Crippen LogP contribution < -0.4 is 15.5 Å². The summed E-state index contributed by atoms with van der Waals surface area (Å²) in [6.45, 7) is 3.10. The molecule has 1 aliphatic carbocycles. The topological polar surface area (TPSA) is 70.6 Å². The molecule has 1 spiro atoms. The predicted octanol–water partition coefficient (Wildman–Crippen LogP) is 6.74.